The summed E-state index contributed by atoms with van der Waals surface area (Å²) in [6.45, 7) is 0. The smallest absolute Gasteiger partial charge is 0.138 e. The van der Waals surface area contributed by atoms with Crippen LogP contribution < -0.4 is 4.74 Å². The number of ether oxygens (including phenoxy) is 1. The topological polar surface area (TPSA) is 41.8 Å². The SMILES string of the molecule is COc1ccc(/N=C/c2cc(Cl)cc(Br)c2O)cc1. The van der Waals surface area contributed by atoms with E-state index in [0.717, 1.165) is 11.4 Å². The first-order valence-electron chi connectivity index (χ1n) is 5.46. The van der Waals surface area contributed by atoms with Crippen LogP contribution in [0.4, 0.5) is 5.69 Å². The number of nitrogens with zero attached hydrogens (tertiary/aromatic N) is 1. The molecule has 0 heterocycles. The third kappa shape index (κ3) is 3.49. The van der Waals surface area contributed by atoms with Gasteiger partial charge in [0.2, 0.25) is 0 Å². The van der Waals surface area contributed by atoms with E-state index < -0.39 is 0 Å². The molecule has 2 aromatic rings. The van der Waals surface area contributed by atoms with Gasteiger partial charge in [-0.25, -0.2) is 0 Å². The summed E-state index contributed by atoms with van der Waals surface area (Å²) in [5.74, 6) is 0.883. The van der Waals surface area contributed by atoms with Crippen LogP contribution in [0.5, 0.6) is 11.5 Å². The summed E-state index contributed by atoms with van der Waals surface area (Å²) >= 11 is 9.15. The van der Waals surface area contributed by atoms with E-state index in [1.54, 1.807) is 25.5 Å². The zero-order chi connectivity index (χ0) is 13.8. The lowest BCUT2D eigenvalue weighted by molar-refractivity contribution is 0.415. The van der Waals surface area contributed by atoms with Gasteiger partial charge in [-0.15, -0.1) is 0 Å². The number of methoxy groups -OCH3 is 1. The number of halogens is 2. The van der Waals surface area contributed by atoms with Gasteiger partial charge in [0.25, 0.3) is 0 Å². The Balaban J connectivity index is 2.27. The Morgan fingerprint density at radius 1 is 1.26 bits per heavy atom. The molecule has 0 aliphatic heterocycles. The van der Waals surface area contributed by atoms with Crippen LogP contribution in [0.3, 0.4) is 0 Å². The van der Waals surface area contributed by atoms with Crippen molar-refractivity contribution in [2.24, 2.45) is 4.99 Å². The minimum atomic E-state index is 0.113. The molecule has 2 aromatic carbocycles. The molecule has 98 valence electrons. The van der Waals surface area contributed by atoms with Crippen LogP contribution in [-0.2, 0) is 0 Å². The Bertz CT molecular complexity index is 612. The van der Waals surface area contributed by atoms with Gasteiger partial charge in [-0.05, 0) is 52.3 Å². The van der Waals surface area contributed by atoms with Crippen molar-refractivity contribution in [1.29, 1.82) is 0 Å². The highest BCUT2D eigenvalue weighted by Crippen LogP contribution is 2.30. The summed E-state index contributed by atoms with van der Waals surface area (Å²) in [5, 5.41) is 10.4. The van der Waals surface area contributed by atoms with E-state index in [1.807, 2.05) is 24.3 Å². The number of phenolic OH excluding ortho intramolecular Hbond substituents is 1. The number of phenols is 1. The highest BCUT2D eigenvalue weighted by Gasteiger charge is 2.05. The Morgan fingerprint density at radius 2 is 1.95 bits per heavy atom. The van der Waals surface area contributed by atoms with Gasteiger partial charge >= 0.3 is 0 Å². The summed E-state index contributed by atoms with van der Waals surface area (Å²) in [6.07, 6.45) is 1.56. The number of rotatable bonds is 3. The van der Waals surface area contributed by atoms with Crippen LogP contribution in [0.25, 0.3) is 0 Å². The molecule has 3 nitrogen and oxygen atoms in total. The lowest BCUT2D eigenvalue weighted by Crippen LogP contribution is -1.84. The van der Waals surface area contributed by atoms with Crippen molar-refractivity contribution in [3.63, 3.8) is 0 Å². The second-order valence-corrected chi connectivity index (χ2v) is 5.07. The Labute approximate surface area is 124 Å². The third-order valence-corrected chi connectivity index (χ3v) is 3.31. The molecule has 0 radical (unpaired) electrons. The standard InChI is InChI=1S/C14H11BrClNO2/c1-19-12-4-2-11(3-5-12)17-8-9-6-10(16)7-13(15)14(9)18/h2-8,18H,1H3/b17-8+. The zero-order valence-electron chi connectivity index (χ0n) is 10.1. The van der Waals surface area contributed by atoms with Crippen molar-refractivity contribution < 1.29 is 9.84 Å². The predicted octanol–water partition coefficient (Wildman–Crippen LogP) is 4.57. The summed E-state index contributed by atoms with van der Waals surface area (Å²) < 4.78 is 5.61. The first-order valence-corrected chi connectivity index (χ1v) is 6.63. The van der Waals surface area contributed by atoms with Gasteiger partial charge in [-0.3, -0.25) is 4.99 Å². The largest absolute Gasteiger partial charge is 0.506 e. The fourth-order valence-corrected chi connectivity index (χ4v) is 2.33. The Kier molecular flexibility index (Phi) is 4.45. The van der Waals surface area contributed by atoms with Crippen LogP contribution in [0.1, 0.15) is 5.56 Å². The summed E-state index contributed by atoms with van der Waals surface area (Å²) in [5.41, 5.74) is 1.31. The first-order chi connectivity index (χ1) is 9.10. The fraction of sp³-hybridized carbons (Fsp3) is 0.0714. The summed E-state index contributed by atoms with van der Waals surface area (Å²) in [4.78, 5) is 4.27. The molecule has 2 rings (SSSR count). The van der Waals surface area contributed by atoms with Crippen molar-refractivity contribution in [2.75, 3.05) is 7.11 Å². The van der Waals surface area contributed by atoms with Crippen molar-refractivity contribution >= 4 is 39.4 Å². The molecule has 0 saturated carbocycles. The van der Waals surface area contributed by atoms with E-state index in [1.165, 1.54) is 0 Å². The summed E-state index contributed by atoms with van der Waals surface area (Å²) in [7, 11) is 1.61. The van der Waals surface area contributed by atoms with Gasteiger partial charge in [-0.2, -0.15) is 0 Å². The van der Waals surface area contributed by atoms with Crippen molar-refractivity contribution in [2.45, 2.75) is 0 Å². The monoisotopic (exact) mass is 339 g/mol. The maximum atomic E-state index is 9.87. The van der Waals surface area contributed by atoms with Crippen LogP contribution in [0.2, 0.25) is 5.02 Å². The van der Waals surface area contributed by atoms with Crippen LogP contribution in [0, 0.1) is 0 Å². The van der Waals surface area contributed by atoms with Gasteiger partial charge in [0.05, 0.1) is 17.3 Å². The Hall–Kier alpha value is -1.52. The molecule has 0 aliphatic carbocycles. The molecular formula is C14H11BrClNO2. The lowest BCUT2D eigenvalue weighted by Gasteiger charge is -2.03. The van der Waals surface area contributed by atoms with E-state index in [9.17, 15) is 5.11 Å². The second-order valence-electron chi connectivity index (χ2n) is 3.78. The van der Waals surface area contributed by atoms with Gasteiger partial charge in [0.1, 0.15) is 11.5 Å². The molecular weight excluding hydrogens is 330 g/mol. The third-order valence-electron chi connectivity index (χ3n) is 2.48. The molecule has 0 aromatic heterocycles. The molecule has 5 heteroatoms. The quantitative estimate of drug-likeness (QED) is 0.832. The number of aliphatic imine (C=N–C) groups is 1. The number of hydrogen-bond acceptors (Lipinski definition) is 3. The van der Waals surface area contributed by atoms with E-state index >= 15 is 0 Å². The average Bonchev–Trinajstić information content (AvgIpc) is 2.41. The molecule has 1 N–H and O–H groups in total. The molecule has 0 aliphatic rings. The van der Waals surface area contributed by atoms with Crippen molar-refractivity contribution in [1.82, 2.24) is 0 Å². The van der Waals surface area contributed by atoms with E-state index in [4.69, 9.17) is 16.3 Å². The maximum absolute atomic E-state index is 9.87. The predicted molar refractivity (Wildman–Crippen MR) is 81.1 cm³/mol. The molecule has 0 unspecified atom stereocenters. The zero-order valence-corrected chi connectivity index (χ0v) is 12.4. The number of hydrogen-bond donors (Lipinski definition) is 1. The van der Waals surface area contributed by atoms with E-state index in [2.05, 4.69) is 20.9 Å². The minimum Gasteiger partial charge on any atom is -0.506 e. The maximum Gasteiger partial charge on any atom is 0.138 e. The van der Waals surface area contributed by atoms with Crippen LogP contribution in [-0.4, -0.2) is 18.4 Å². The minimum absolute atomic E-state index is 0.113. The molecule has 19 heavy (non-hydrogen) atoms. The number of aromatic hydroxyl groups is 1. The first kappa shape index (κ1) is 13.9. The Morgan fingerprint density at radius 3 is 2.58 bits per heavy atom. The molecule has 0 amide bonds. The van der Waals surface area contributed by atoms with Crippen LogP contribution in [0.15, 0.2) is 45.9 Å². The highest BCUT2D eigenvalue weighted by atomic mass is 79.9. The van der Waals surface area contributed by atoms with Gasteiger partial charge in [-0.1, -0.05) is 11.6 Å². The molecule has 0 saturated heterocycles. The molecule has 0 fully saturated rings. The van der Waals surface area contributed by atoms with E-state index in [-0.39, 0.29) is 5.75 Å². The molecule has 0 bridgehead atoms. The second kappa shape index (κ2) is 6.08. The average molecular weight is 341 g/mol. The van der Waals surface area contributed by atoms with Crippen molar-refractivity contribution in [3.8, 4) is 11.5 Å². The lowest BCUT2D eigenvalue weighted by atomic mass is 10.2. The van der Waals surface area contributed by atoms with Crippen molar-refractivity contribution in [3.05, 3.63) is 51.5 Å². The van der Waals surface area contributed by atoms with Gasteiger partial charge in [0.15, 0.2) is 0 Å². The molecule has 0 atom stereocenters. The summed E-state index contributed by atoms with van der Waals surface area (Å²) in [6, 6.07) is 10.6. The number of benzene rings is 2. The van der Waals surface area contributed by atoms with Gasteiger partial charge in [0, 0.05) is 16.8 Å². The van der Waals surface area contributed by atoms with Gasteiger partial charge < -0.3 is 9.84 Å². The highest BCUT2D eigenvalue weighted by molar-refractivity contribution is 9.10. The van der Waals surface area contributed by atoms with Crippen LogP contribution >= 0.6 is 27.5 Å². The normalized spacial score (nSPS) is 10.9. The molecule has 0 spiro atoms. The fourth-order valence-electron chi connectivity index (χ4n) is 1.50. The van der Waals surface area contributed by atoms with E-state index in [0.29, 0.717) is 15.1 Å².